The number of aliphatic hydroxyl groups excluding tert-OH is 1. The molecular weight excluding hydrogens is 202 g/mol. The minimum absolute atomic E-state index is 0.0369. The third kappa shape index (κ3) is 4.81. The second-order valence-corrected chi connectivity index (χ2v) is 5.01. The third-order valence-corrected chi connectivity index (χ3v) is 3.44. The normalized spacial score (nSPS) is 30.0. The van der Waals surface area contributed by atoms with E-state index in [2.05, 4.69) is 12.2 Å². The molecule has 0 radical (unpaired) electrons. The van der Waals surface area contributed by atoms with Crippen molar-refractivity contribution in [1.29, 1.82) is 0 Å². The Morgan fingerprint density at radius 1 is 1.25 bits per heavy atom. The highest BCUT2D eigenvalue weighted by atomic mass is 16.5. The van der Waals surface area contributed by atoms with Crippen molar-refractivity contribution in [3.05, 3.63) is 0 Å². The van der Waals surface area contributed by atoms with Gasteiger partial charge in [0.25, 0.3) is 0 Å². The molecule has 0 spiro atoms. The molecule has 1 aliphatic rings. The van der Waals surface area contributed by atoms with Gasteiger partial charge in [-0.1, -0.05) is 6.92 Å². The average Bonchev–Trinajstić information content (AvgIpc) is 2.28. The summed E-state index contributed by atoms with van der Waals surface area (Å²) in [7, 11) is 0. The highest BCUT2D eigenvalue weighted by molar-refractivity contribution is 4.78. The Morgan fingerprint density at radius 2 is 1.88 bits per heavy atom. The Labute approximate surface area is 99.6 Å². The van der Waals surface area contributed by atoms with E-state index in [1.165, 1.54) is 19.3 Å². The standard InChI is InChI=1S/C13H27NO2/c1-4-9-14-12-5-7-13(8-6-12)16-11(3)10(2)15/h10-15H,4-9H2,1-3H3. The fraction of sp³-hybridized carbons (Fsp3) is 1.00. The molecule has 0 aromatic heterocycles. The van der Waals surface area contributed by atoms with E-state index in [9.17, 15) is 5.11 Å². The van der Waals surface area contributed by atoms with Crippen molar-refractivity contribution in [3.63, 3.8) is 0 Å². The molecule has 1 saturated carbocycles. The zero-order chi connectivity index (χ0) is 12.0. The predicted molar refractivity (Wildman–Crippen MR) is 66.6 cm³/mol. The molecule has 2 unspecified atom stereocenters. The van der Waals surface area contributed by atoms with Crippen molar-refractivity contribution in [2.75, 3.05) is 6.54 Å². The lowest BCUT2D eigenvalue weighted by atomic mass is 9.92. The van der Waals surface area contributed by atoms with Crippen molar-refractivity contribution in [1.82, 2.24) is 5.32 Å². The fourth-order valence-electron chi connectivity index (χ4n) is 2.17. The van der Waals surface area contributed by atoms with Crippen molar-refractivity contribution >= 4 is 0 Å². The molecule has 2 N–H and O–H groups in total. The summed E-state index contributed by atoms with van der Waals surface area (Å²) in [6.45, 7) is 7.07. The Kier molecular flexibility index (Phi) is 6.32. The molecule has 0 amide bonds. The van der Waals surface area contributed by atoms with Crippen LogP contribution >= 0.6 is 0 Å². The lowest BCUT2D eigenvalue weighted by Crippen LogP contribution is -2.37. The Balaban J connectivity index is 2.16. The molecule has 1 fully saturated rings. The predicted octanol–water partition coefficient (Wildman–Crippen LogP) is 2.08. The van der Waals surface area contributed by atoms with Crippen LogP contribution in [0.1, 0.15) is 52.9 Å². The van der Waals surface area contributed by atoms with Gasteiger partial charge in [-0.15, -0.1) is 0 Å². The molecule has 16 heavy (non-hydrogen) atoms. The van der Waals surface area contributed by atoms with Gasteiger partial charge in [-0.2, -0.15) is 0 Å². The Bertz CT molecular complexity index is 177. The first-order valence-corrected chi connectivity index (χ1v) is 6.70. The molecule has 0 aliphatic heterocycles. The maximum Gasteiger partial charge on any atom is 0.0806 e. The quantitative estimate of drug-likeness (QED) is 0.733. The molecule has 1 aliphatic carbocycles. The number of rotatable bonds is 6. The molecule has 3 heteroatoms. The SMILES string of the molecule is CCCNC1CCC(OC(C)C(C)O)CC1. The summed E-state index contributed by atoms with van der Waals surface area (Å²) >= 11 is 0. The summed E-state index contributed by atoms with van der Waals surface area (Å²) in [6.07, 6.45) is 5.81. The van der Waals surface area contributed by atoms with Crippen LogP contribution in [0.5, 0.6) is 0 Å². The van der Waals surface area contributed by atoms with Gasteiger partial charge in [0.15, 0.2) is 0 Å². The molecule has 96 valence electrons. The van der Waals surface area contributed by atoms with E-state index < -0.39 is 0 Å². The minimum atomic E-state index is -0.365. The molecule has 0 saturated heterocycles. The second-order valence-electron chi connectivity index (χ2n) is 5.01. The zero-order valence-electron chi connectivity index (χ0n) is 10.9. The van der Waals surface area contributed by atoms with Crippen molar-refractivity contribution in [2.24, 2.45) is 0 Å². The number of hydrogen-bond donors (Lipinski definition) is 2. The van der Waals surface area contributed by atoms with Crippen LogP contribution in [0.25, 0.3) is 0 Å². The first-order chi connectivity index (χ1) is 7.63. The highest BCUT2D eigenvalue weighted by Crippen LogP contribution is 2.22. The van der Waals surface area contributed by atoms with Gasteiger partial charge in [0.05, 0.1) is 18.3 Å². The van der Waals surface area contributed by atoms with Crippen LogP contribution in [0.3, 0.4) is 0 Å². The van der Waals surface area contributed by atoms with E-state index in [0.717, 1.165) is 19.4 Å². The molecule has 2 atom stereocenters. The highest BCUT2D eigenvalue weighted by Gasteiger charge is 2.23. The van der Waals surface area contributed by atoms with E-state index in [1.807, 2.05) is 6.92 Å². The van der Waals surface area contributed by atoms with Gasteiger partial charge in [-0.3, -0.25) is 0 Å². The van der Waals surface area contributed by atoms with E-state index >= 15 is 0 Å². The summed E-state index contributed by atoms with van der Waals surface area (Å²) in [5.74, 6) is 0. The first-order valence-electron chi connectivity index (χ1n) is 6.70. The van der Waals surface area contributed by atoms with E-state index in [1.54, 1.807) is 6.92 Å². The summed E-state index contributed by atoms with van der Waals surface area (Å²) in [6, 6.07) is 0.682. The molecule has 3 nitrogen and oxygen atoms in total. The summed E-state index contributed by atoms with van der Waals surface area (Å²) in [4.78, 5) is 0. The lowest BCUT2D eigenvalue weighted by molar-refractivity contribution is -0.0745. The monoisotopic (exact) mass is 229 g/mol. The third-order valence-electron chi connectivity index (χ3n) is 3.44. The molecule has 0 bridgehead atoms. The van der Waals surface area contributed by atoms with Crippen LogP contribution in [-0.2, 0) is 4.74 Å². The van der Waals surface area contributed by atoms with Crippen molar-refractivity contribution in [3.8, 4) is 0 Å². The lowest BCUT2D eigenvalue weighted by Gasteiger charge is -2.31. The summed E-state index contributed by atoms with van der Waals surface area (Å²) in [5, 5.41) is 12.9. The van der Waals surface area contributed by atoms with Gasteiger partial charge in [0, 0.05) is 6.04 Å². The average molecular weight is 229 g/mol. The topological polar surface area (TPSA) is 41.5 Å². The van der Waals surface area contributed by atoms with E-state index in [4.69, 9.17) is 4.74 Å². The van der Waals surface area contributed by atoms with Gasteiger partial charge >= 0.3 is 0 Å². The van der Waals surface area contributed by atoms with Gasteiger partial charge in [0.2, 0.25) is 0 Å². The second kappa shape index (κ2) is 7.25. The Hall–Kier alpha value is -0.120. The van der Waals surface area contributed by atoms with Crippen LogP contribution in [0.4, 0.5) is 0 Å². The van der Waals surface area contributed by atoms with E-state index in [-0.39, 0.29) is 12.2 Å². The van der Waals surface area contributed by atoms with Crippen LogP contribution < -0.4 is 5.32 Å². The first kappa shape index (κ1) is 13.9. The van der Waals surface area contributed by atoms with Gasteiger partial charge in [0.1, 0.15) is 0 Å². The number of aliphatic hydroxyl groups is 1. The van der Waals surface area contributed by atoms with Crippen molar-refractivity contribution in [2.45, 2.75) is 77.2 Å². The van der Waals surface area contributed by atoms with Crippen LogP contribution in [0, 0.1) is 0 Å². The smallest absolute Gasteiger partial charge is 0.0806 e. The van der Waals surface area contributed by atoms with Crippen LogP contribution in [0.15, 0.2) is 0 Å². The summed E-state index contributed by atoms with van der Waals surface area (Å²) < 4.78 is 5.83. The van der Waals surface area contributed by atoms with Crippen molar-refractivity contribution < 1.29 is 9.84 Å². The minimum Gasteiger partial charge on any atom is -0.391 e. The molecular formula is C13H27NO2. The number of nitrogens with one attached hydrogen (secondary N) is 1. The molecule has 0 aromatic rings. The number of ether oxygens (including phenoxy) is 1. The Morgan fingerprint density at radius 3 is 2.38 bits per heavy atom. The molecule has 0 heterocycles. The van der Waals surface area contributed by atoms with Crippen LogP contribution in [-0.4, -0.2) is 36.0 Å². The molecule has 1 rings (SSSR count). The fourth-order valence-corrected chi connectivity index (χ4v) is 2.17. The maximum atomic E-state index is 9.38. The molecule has 0 aromatic carbocycles. The number of hydrogen-bond acceptors (Lipinski definition) is 3. The van der Waals surface area contributed by atoms with Gasteiger partial charge < -0.3 is 15.2 Å². The van der Waals surface area contributed by atoms with Gasteiger partial charge in [-0.25, -0.2) is 0 Å². The van der Waals surface area contributed by atoms with Gasteiger partial charge in [-0.05, 0) is 52.5 Å². The largest absolute Gasteiger partial charge is 0.391 e. The van der Waals surface area contributed by atoms with E-state index in [0.29, 0.717) is 12.1 Å². The maximum absolute atomic E-state index is 9.38. The van der Waals surface area contributed by atoms with Crippen LogP contribution in [0.2, 0.25) is 0 Å². The zero-order valence-corrected chi connectivity index (χ0v) is 10.9. The summed E-state index contributed by atoms with van der Waals surface area (Å²) in [5.41, 5.74) is 0.